The summed E-state index contributed by atoms with van der Waals surface area (Å²) >= 11 is 3.47. The number of hydrogen-bond donors (Lipinski definition) is 0. The summed E-state index contributed by atoms with van der Waals surface area (Å²) in [5, 5.41) is 0. The maximum absolute atomic E-state index is 12.3. The van der Waals surface area contributed by atoms with Gasteiger partial charge in [0.25, 0.3) is 5.91 Å². The third-order valence-corrected chi connectivity index (χ3v) is 4.41. The highest BCUT2D eigenvalue weighted by Crippen LogP contribution is 2.32. The Morgan fingerprint density at radius 3 is 2.71 bits per heavy atom. The number of rotatable bonds is 1. The van der Waals surface area contributed by atoms with Gasteiger partial charge in [-0.2, -0.15) is 0 Å². The molecule has 1 heterocycles. The monoisotopic (exact) mass is 293 g/mol. The molecule has 1 saturated carbocycles. The Bertz CT molecular complexity index is 452. The highest BCUT2D eigenvalue weighted by atomic mass is 79.9. The first-order valence-electron chi connectivity index (χ1n) is 6.35. The Morgan fingerprint density at radius 2 is 1.94 bits per heavy atom. The van der Waals surface area contributed by atoms with Gasteiger partial charge in [0.15, 0.2) is 0 Å². The van der Waals surface area contributed by atoms with Gasteiger partial charge in [0.05, 0.1) is 0 Å². The van der Waals surface area contributed by atoms with E-state index in [0.717, 1.165) is 16.6 Å². The minimum absolute atomic E-state index is 0.236. The number of benzene rings is 1. The van der Waals surface area contributed by atoms with Crippen molar-refractivity contribution in [3.8, 4) is 0 Å². The summed E-state index contributed by atoms with van der Waals surface area (Å²) < 4.78 is 1.06. The molecule has 1 aromatic carbocycles. The van der Waals surface area contributed by atoms with Crippen LogP contribution in [0.1, 0.15) is 48.0 Å². The second kappa shape index (κ2) is 4.45. The van der Waals surface area contributed by atoms with Crippen LogP contribution in [0.4, 0.5) is 0 Å². The molecule has 1 amide bonds. The van der Waals surface area contributed by atoms with Gasteiger partial charge in [-0.3, -0.25) is 4.79 Å². The van der Waals surface area contributed by atoms with Crippen LogP contribution in [0.3, 0.4) is 0 Å². The van der Waals surface area contributed by atoms with Gasteiger partial charge in [0, 0.05) is 22.6 Å². The minimum atomic E-state index is 0.236. The third kappa shape index (κ3) is 2.01. The van der Waals surface area contributed by atoms with Gasteiger partial charge >= 0.3 is 0 Å². The Balaban J connectivity index is 1.85. The van der Waals surface area contributed by atoms with Crippen LogP contribution in [0.25, 0.3) is 0 Å². The normalized spacial score (nSPS) is 20.8. The number of halogens is 1. The molecule has 1 aliphatic heterocycles. The zero-order valence-corrected chi connectivity index (χ0v) is 11.4. The molecule has 0 aromatic heterocycles. The molecule has 17 heavy (non-hydrogen) atoms. The molecule has 3 heteroatoms. The summed E-state index contributed by atoms with van der Waals surface area (Å²) in [6.45, 7) is 0.804. The summed E-state index contributed by atoms with van der Waals surface area (Å²) in [4.78, 5) is 14.4. The topological polar surface area (TPSA) is 20.3 Å². The van der Waals surface area contributed by atoms with Crippen molar-refractivity contribution in [3.05, 3.63) is 33.8 Å². The molecule has 1 aromatic rings. The molecule has 90 valence electrons. The van der Waals surface area contributed by atoms with Gasteiger partial charge in [-0.1, -0.05) is 35.2 Å². The largest absolute Gasteiger partial charge is 0.331 e. The molecule has 2 aliphatic rings. The Labute approximate surface area is 110 Å². The van der Waals surface area contributed by atoms with Crippen LogP contribution in [-0.4, -0.2) is 16.8 Å². The number of carbonyl (C=O) groups excluding carboxylic acids is 1. The van der Waals surface area contributed by atoms with Crippen LogP contribution < -0.4 is 0 Å². The average Bonchev–Trinajstić information content (AvgIpc) is 2.67. The first kappa shape index (κ1) is 11.3. The zero-order valence-electron chi connectivity index (χ0n) is 9.79. The molecule has 0 radical (unpaired) electrons. The van der Waals surface area contributed by atoms with Crippen molar-refractivity contribution < 1.29 is 4.79 Å². The molecule has 0 atom stereocenters. The fraction of sp³-hybridized carbons (Fsp3) is 0.500. The van der Waals surface area contributed by atoms with Crippen molar-refractivity contribution >= 4 is 21.8 Å². The van der Waals surface area contributed by atoms with E-state index in [1.165, 1.54) is 37.7 Å². The number of amides is 1. The van der Waals surface area contributed by atoms with E-state index >= 15 is 0 Å². The first-order valence-corrected chi connectivity index (χ1v) is 7.14. The Kier molecular flexibility index (Phi) is 2.95. The Morgan fingerprint density at radius 1 is 1.18 bits per heavy atom. The van der Waals surface area contributed by atoms with E-state index in [1.807, 2.05) is 12.1 Å². The molecule has 0 bridgehead atoms. The standard InChI is InChI=1S/C14H16BrNO/c15-11-6-7-13-10(8-11)9-16(14(13)17)12-4-2-1-3-5-12/h6-8,12H,1-5,9H2. The molecular formula is C14H16BrNO. The molecule has 3 rings (SSSR count). The van der Waals surface area contributed by atoms with Crippen LogP contribution >= 0.6 is 15.9 Å². The van der Waals surface area contributed by atoms with Crippen LogP contribution in [-0.2, 0) is 6.54 Å². The van der Waals surface area contributed by atoms with E-state index in [-0.39, 0.29) is 5.91 Å². The van der Waals surface area contributed by atoms with Crippen molar-refractivity contribution in [2.24, 2.45) is 0 Å². The number of nitrogens with zero attached hydrogens (tertiary/aromatic N) is 1. The quantitative estimate of drug-likeness (QED) is 0.772. The highest BCUT2D eigenvalue weighted by Gasteiger charge is 2.32. The first-order chi connectivity index (χ1) is 8.25. The van der Waals surface area contributed by atoms with Crippen molar-refractivity contribution in [3.63, 3.8) is 0 Å². The average molecular weight is 294 g/mol. The van der Waals surface area contributed by atoms with E-state index in [4.69, 9.17) is 0 Å². The van der Waals surface area contributed by atoms with Gasteiger partial charge in [0.2, 0.25) is 0 Å². The Hall–Kier alpha value is -0.830. The van der Waals surface area contributed by atoms with Crippen molar-refractivity contribution in [1.82, 2.24) is 4.90 Å². The zero-order chi connectivity index (χ0) is 11.8. The molecular weight excluding hydrogens is 278 g/mol. The second-order valence-corrected chi connectivity index (χ2v) is 5.94. The van der Waals surface area contributed by atoms with Gasteiger partial charge in [0.1, 0.15) is 0 Å². The molecule has 0 N–H and O–H groups in total. The van der Waals surface area contributed by atoms with Gasteiger partial charge in [-0.25, -0.2) is 0 Å². The fourth-order valence-corrected chi connectivity index (χ4v) is 3.41. The summed E-state index contributed by atoms with van der Waals surface area (Å²) in [6.07, 6.45) is 6.24. The van der Waals surface area contributed by atoms with Crippen LogP contribution in [0.15, 0.2) is 22.7 Å². The lowest BCUT2D eigenvalue weighted by molar-refractivity contribution is 0.0660. The third-order valence-electron chi connectivity index (χ3n) is 3.91. The second-order valence-electron chi connectivity index (χ2n) is 5.03. The van der Waals surface area contributed by atoms with Crippen molar-refractivity contribution in [1.29, 1.82) is 0 Å². The fourth-order valence-electron chi connectivity index (χ4n) is 3.00. The van der Waals surface area contributed by atoms with Crippen LogP contribution in [0.5, 0.6) is 0 Å². The predicted molar refractivity (Wildman–Crippen MR) is 70.9 cm³/mol. The number of fused-ring (bicyclic) bond motifs is 1. The smallest absolute Gasteiger partial charge is 0.254 e. The van der Waals surface area contributed by atoms with E-state index in [1.54, 1.807) is 0 Å². The summed E-state index contributed by atoms with van der Waals surface area (Å²) in [6, 6.07) is 6.46. The van der Waals surface area contributed by atoms with E-state index in [2.05, 4.69) is 26.9 Å². The summed E-state index contributed by atoms with van der Waals surface area (Å²) in [7, 11) is 0. The minimum Gasteiger partial charge on any atom is -0.331 e. The van der Waals surface area contributed by atoms with Crippen LogP contribution in [0.2, 0.25) is 0 Å². The summed E-state index contributed by atoms with van der Waals surface area (Å²) in [5.74, 6) is 0.236. The van der Waals surface area contributed by atoms with E-state index in [9.17, 15) is 4.79 Å². The SMILES string of the molecule is O=C1c2ccc(Br)cc2CN1C1CCCCC1. The highest BCUT2D eigenvalue weighted by molar-refractivity contribution is 9.10. The maximum atomic E-state index is 12.3. The lowest BCUT2D eigenvalue weighted by Gasteiger charge is -2.30. The van der Waals surface area contributed by atoms with Gasteiger partial charge in [-0.15, -0.1) is 0 Å². The number of hydrogen-bond acceptors (Lipinski definition) is 1. The van der Waals surface area contributed by atoms with E-state index < -0.39 is 0 Å². The number of carbonyl (C=O) groups is 1. The van der Waals surface area contributed by atoms with Crippen LogP contribution in [0, 0.1) is 0 Å². The molecule has 1 fully saturated rings. The lowest BCUT2D eigenvalue weighted by Crippen LogP contribution is -2.36. The molecule has 0 spiro atoms. The maximum Gasteiger partial charge on any atom is 0.254 e. The molecule has 0 unspecified atom stereocenters. The van der Waals surface area contributed by atoms with Gasteiger partial charge < -0.3 is 4.90 Å². The van der Waals surface area contributed by atoms with Crippen molar-refractivity contribution in [2.75, 3.05) is 0 Å². The predicted octanol–water partition coefficient (Wildman–Crippen LogP) is 3.74. The van der Waals surface area contributed by atoms with E-state index in [0.29, 0.717) is 6.04 Å². The molecule has 0 saturated heterocycles. The lowest BCUT2D eigenvalue weighted by atomic mass is 9.94. The molecule has 1 aliphatic carbocycles. The molecule has 2 nitrogen and oxygen atoms in total. The summed E-state index contributed by atoms with van der Waals surface area (Å²) in [5.41, 5.74) is 2.08. The van der Waals surface area contributed by atoms with Gasteiger partial charge in [-0.05, 0) is 36.6 Å². The van der Waals surface area contributed by atoms with Crippen molar-refractivity contribution in [2.45, 2.75) is 44.7 Å².